The Morgan fingerprint density at radius 1 is 1.00 bits per heavy atom. The quantitative estimate of drug-likeness (QED) is 0.678. The van der Waals surface area contributed by atoms with E-state index in [4.69, 9.17) is 9.47 Å². The van der Waals surface area contributed by atoms with Crippen molar-refractivity contribution in [1.29, 1.82) is 0 Å². The number of para-hydroxylation sites is 1. The monoisotopic (exact) mass is 365 g/mol. The lowest BCUT2D eigenvalue weighted by atomic mass is 10.1. The predicted molar refractivity (Wildman–Crippen MR) is 100 cm³/mol. The highest BCUT2D eigenvalue weighted by Gasteiger charge is 2.16. The van der Waals surface area contributed by atoms with Crippen LogP contribution in [0.1, 0.15) is 20.7 Å². The number of carbonyl (C=O) groups is 2. The van der Waals surface area contributed by atoms with Crippen molar-refractivity contribution in [2.75, 3.05) is 19.9 Å². The Bertz CT molecular complexity index is 1030. The number of amides is 2. The molecule has 0 bridgehead atoms. The molecule has 0 spiro atoms. The summed E-state index contributed by atoms with van der Waals surface area (Å²) < 4.78 is 12.4. The van der Waals surface area contributed by atoms with Gasteiger partial charge >= 0.3 is 0 Å². The minimum absolute atomic E-state index is 0.163. The van der Waals surface area contributed by atoms with Crippen LogP contribution < -0.4 is 20.1 Å². The molecule has 1 aliphatic heterocycles. The molecule has 0 aliphatic carbocycles. The van der Waals surface area contributed by atoms with Gasteiger partial charge in [0.05, 0.1) is 5.56 Å². The summed E-state index contributed by atoms with van der Waals surface area (Å²) in [5.41, 5.74) is 2.11. The Morgan fingerprint density at radius 2 is 1.74 bits per heavy atom. The SMILES string of the molecule is Cn1cc(C(=O)NCCNC(=O)c2ccc3c(c2)OCO3)c2ccccc21. The van der Waals surface area contributed by atoms with Crippen LogP contribution in [0, 0.1) is 0 Å². The summed E-state index contributed by atoms with van der Waals surface area (Å²) in [5.74, 6) is 0.803. The number of benzene rings is 2. The molecule has 0 atom stereocenters. The first-order valence-electron chi connectivity index (χ1n) is 8.63. The van der Waals surface area contributed by atoms with Crippen molar-refractivity contribution in [3.05, 3.63) is 59.8 Å². The standard InChI is InChI=1S/C20H19N3O4/c1-23-11-15(14-4-2-3-5-16(14)23)20(25)22-9-8-21-19(24)13-6-7-17-18(10-13)27-12-26-17/h2-7,10-11H,8-9,12H2,1H3,(H,21,24)(H,22,25). The second kappa shape index (κ2) is 7.03. The molecule has 0 radical (unpaired) electrons. The van der Waals surface area contributed by atoms with Gasteiger partial charge in [0.2, 0.25) is 6.79 Å². The van der Waals surface area contributed by atoms with Crippen molar-refractivity contribution in [1.82, 2.24) is 15.2 Å². The molecule has 27 heavy (non-hydrogen) atoms. The van der Waals surface area contributed by atoms with Crippen LogP contribution in [-0.2, 0) is 7.05 Å². The highest BCUT2D eigenvalue weighted by atomic mass is 16.7. The first kappa shape index (κ1) is 17.0. The maximum Gasteiger partial charge on any atom is 0.253 e. The summed E-state index contributed by atoms with van der Waals surface area (Å²) in [5, 5.41) is 6.53. The van der Waals surface area contributed by atoms with Gasteiger partial charge in [0.1, 0.15) is 0 Å². The number of nitrogens with zero attached hydrogens (tertiary/aromatic N) is 1. The van der Waals surface area contributed by atoms with E-state index in [-0.39, 0.29) is 18.6 Å². The van der Waals surface area contributed by atoms with Crippen molar-refractivity contribution in [2.24, 2.45) is 7.05 Å². The van der Waals surface area contributed by atoms with Gasteiger partial charge in [0, 0.05) is 42.8 Å². The van der Waals surface area contributed by atoms with Crippen LogP contribution in [0.5, 0.6) is 11.5 Å². The largest absolute Gasteiger partial charge is 0.454 e. The highest BCUT2D eigenvalue weighted by molar-refractivity contribution is 6.07. The zero-order valence-corrected chi connectivity index (χ0v) is 14.8. The second-order valence-corrected chi connectivity index (χ2v) is 6.25. The van der Waals surface area contributed by atoms with Gasteiger partial charge in [-0.05, 0) is 24.3 Å². The van der Waals surface area contributed by atoms with E-state index in [0.717, 1.165) is 10.9 Å². The molecule has 7 heteroatoms. The molecule has 0 unspecified atom stereocenters. The van der Waals surface area contributed by atoms with E-state index in [1.807, 2.05) is 42.1 Å². The number of hydrogen-bond acceptors (Lipinski definition) is 4. The normalized spacial score (nSPS) is 12.2. The van der Waals surface area contributed by atoms with Gasteiger partial charge < -0.3 is 24.7 Å². The molecule has 2 amide bonds. The fourth-order valence-electron chi connectivity index (χ4n) is 3.11. The number of aryl methyl sites for hydroxylation is 1. The van der Waals surface area contributed by atoms with Gasteiger partial charge in [0.25, 0.3) is 11.8 Å². The minimum atomic E-state index is -0.229. The molecular formula is C20H19N3O4. The van der Waals surface area contributed by atoms with Gasteiger partial charge in [-0.2, -0.15) is 0 Å². The van der Waals surface area contributed by atoms with E-state index in [1.54, 1.807) is 18.2 Å². The molecule has 2 aromatic carbocycles. The molecule has 0 saturated heterocycles. The van der Waals surface area contributed by atoms with Crippen LogP contribution in [0.4, 0.5) is 0 Å². The van der Waals surface area contributed by atoms with E-state index in [9.17, 15) is 9.59 Å². The number of fused-ring (bicyclic) bond motifs is 2. The van der Waals surface area contributed by atoms with Gasteiger partial charge in [-0.1, -0.05) is 18.2 Å². The molecular weight excluding hydrogens is 346 g/mol. The molecule has 1 aromatic heterocycles. The van der Waals surface area contributed by atoms with Crippen molar-refractivity contribution in [3.63, 3.8) is 0 Å². The van der Waals surface area contributed by atoms with E-state index in [0.29, 0.717) is 35.7 Å². The smallest absolute Gasteiger partial charge is 0.253 e. The molecule has 3 aromatic rings. The Labute approximate surface area is 155 Å². The fourth-order valence-corrected chi connectivity index (χ4v) is 3.11. The molecule has 2 heterocycles. The Balaban J connectivity index is 1.32. The van der Waals surface area contributed by atoms with Crippen LogP contribution in [0.15, 0.2) is 48.7 Å². The Morgan fingerprint density at radius 3 is 2.59 bits per heavy atom. The lowest BCUT2D eigenvalue weighted by molar-refractivity contribution is 0.0928. The minimum Gasteiger partial charge on any atom is -0.454 e. The zero-order chi connectivity index (χ0) is 18.8. The summed E-state index contributed by atoms with van der Waals surface area (Å²) in [6, 6.07) is 12.8. The molecule has 7 nitrogen and oxygen atoms in total. The first-order chi connectivity index (χ1) is 13.1. The van der Waals surface area contributed by atoms with Gasteiger partial charge in [-0.25, -0.2) is 0 Å². The lowest BCUT2D eigenvalue weighted by Crippen LogP contribution is -2.34. The summed E-state index contributed by atoms with van der Waals surface area (Å²) in [4.78, 5) is 24.7. The van der Waals surface area contributed by atoms with Crippen molar-refractivity contribution < 1.29 is 19.1 Å². The van der Waals surface area contributed by atoms with Crippen molar-refractivity contribution in [3.8, 4) is 11.5 Å². The average molecular weight is 365 g/mol. The summed E-state index contributed by atoms with van der Waals surface area (Å²) in [6.07, 6.45) is 1.81. The van der Waals surface area contributed by atoms with Crippen LogP contribution >= 0.6 is 0 Å². The maximum atomic E-state index is 12.4. The summed E-state index contributed by atoms with van der Waals surface area (Å²) in [6.45, 7) is 0.822. The topological polar surface area (TPSA) is 81.6 Å². The van der Waals surface area contributed by atoms with Crippen LogP contribution in [0.25, 0.3) is 10.9 Å². The fraction of sp³-hybridized carbons (Fsp3) is 0.200. The zero-order valence-electron chi connectivity index (χ0n) is 14.8. The third kappa shape index (κ3) is 3.31. The molecule has 0 fully saturated rings. The third-order valence-electron chi connectivity index (χ3n) is 4.47. The van der Waals surface area contributed by atoms with Crippen LogP contribution in [0.3, 0.4) is 0 Å². The second-order valence-electron chi connectivity index (χ2n) is 6.25. The first-order valence-corrected chi connectivity index (χ1v) is 8.63. The molecule has 2 N–H and O–H groups in total. The Hall–Kier alpha value is -3.48. The third-order valence-corrected chi connectivity index (χ3v) is 4.47. The van der Waals surface area contributed by atoms with Gasteiger partial charge in [-0.15, -0.1) is 0 Å². The summed E-state index contributed by atoms with van der Waals surface area (Å²) in [7, 11) is 1.91. The van der Waals surface area contributed by atoms with Crippen LogP contribution in [0.2, 0.25) is 0 Å². The van der Waals surface area contributed by atoms with E-state index < -0.39 is 0 Å². The van der Waals surface area contributed by atoms with Gasteiger partial charge in [-0.3, -0.25) is 9.59 Å². The molecule has 4 rings (SSSR count). The number of hydrogen-bond donors (Lipinski definition) is 2. The maximum absolute atomic E-state index is 12.4. The molecule has 1 aliphatic rings. The lowest BCUT2D eigenvalue weighted by Gasteiger charge is -2.07. The average Bonchev–Trinajstić information content (AvgIpc) is 3.29. The summed E-state index contributed by atoms with van der Waals surface area (Å²) >= 11 is 0. The number of rotatable bonds is 5. The highest BCUT2D eigenvalue weighted by Crippen LogP contribution is 2.32. The van der Waals surface area contributed by atoms with Gasteiger partial charge in [0.15, 0.2) is 11.5 Å². The van der Waals surface area contributed by atoms with Crippen LogP contribution in [-0.4, -0.2) is 36.3 Å². The van der Waals surface area contributed by atoms with Crippen molar-refractivity contribution >= 4 is 22.7 Å². The molecule has 138 valence electrons. The Kier molecular flexibility index (Phi) is 4.42. The number of nitrogens with one attached hydrogen (secondary N) is 2. The predicted octanol–water partition coefficient (Wildman–Crippen LogP) is 2.07. The molecule has 0 saturated carbocycles. The van der Waals surface area contributed by atoms with E-state index in [2.05, 4.69) is 10.6 Å². The number of aromatic nitrogens is 1. The number of ether oxygens (including phenoxy) is 2. The van der Waals surface area contributed by atoms with E-state index in [1.165, 1.54) is 0 Å². The number of carbonyl (C=O) groups excluding carboxylic acids is 2. The van der Waals surface area contributed by atoms with Crippen molar-refractivity contribution in [2.45, 2.75) is 0 Å². The van der Waals surface area contributed by atoms with E-state index >= 15 is 0 Å².